The zero-order chi connectivity index (χ0) is 17.9. The van der Waals surface area contributed by atoms with E-state index in [1.165, 1.54) is 11.1 Å². The molecule has 0 saturated heterocycles. The van der Waals surface area contributed by atoms with Crippen molar-refractivity contribution in [2.24, 2.45) is 0 Å². The van der Waals surface area contributed by atoms with Crippen molar-refractivity contribution in [3.63, 3.8) is 0 Å². The fourth-order valence-corrected chi connectivity index (χ4v) is 3.36. The van der Waals surface area contributed by atoms with Crippen molar-refractivity contribution < 1.29 is 9.59 Å². The predicted molar refractivity (Wildman–Crippen MR) is 95.0 cm³/mol. The summed E-state index contributed by atoms with van der Waals surface area (Å²) >= 11 is 1.59. The van der Waals surface area contributed by atoms with Gasteiger partial charge in [0.2, 0.25) is 0 Å². The fraction of sp³-hybridized carbons (Fsp3) is 0.412. The van der Waals surface area contributed by atoms with Crippen molar-refractivity contribution in [3.8, 4) is 0 Å². The number of nitrogens with zero attached hydrogens (tertiary/aromatic N) is 3. The van der Waals surface area contributed by atoms with Gasteiger partial charge in [0.25, 0.3) is 0 Å². The number of carbonyl (C=O) groups is 2. The molecule has 128 valence electrons. The molecule has 0 bridgehead atoms. The smallest absolute Gasteiger partial charge is 0.313 e. The number of nitrogens with one attached hydrogen (secondary N) is 1. The molecule has 2 amide bonds. The number of hydrogen-bond donors (Lipinski definition) is 1. The molecule has 2 aromatic heterocycles. The molecule has 2 heterocycles. The van der Waals surface area contributed by atoms with Crippen LogP contribution >= 0.6 is 11.3 Å². The Morgan fingerprint density at radius 1 is 1.29 bits per heavy atom. The molecule has 0 aliphatic rings. The van der Waals surface area contributed by atoms with Gasteiger partial charge in [-0.15, -0.1) is 11.3 Å². The predicted octanol–water partition coefficient (Wildman–Crippen LogP) is 3.13. The first-order chi connectivity index (χ1) is 11.3. The van der Waals surface area contributed by atoms with E-state index in [1.54, 1.807) is 36.7 Å². The first-order valence-corrected chi connectivity index (χ1v) is 8.58. The van der Waals surface area contributed by atoms with Gasteiger partial charge in [0.1, 0.15) is 0 Å². The maximum atomic E-state index is 12.4. The Morgan fingerprint density at radius 2 is 2.00 bits per heavy atom. The maximum Gasteiger partial charge on any atom is 0.313 e. The van der Waals surface area contributed by atoms with Gasteiger partial charge in [-0.05, 0) is 26.0 Å². The summed E-state index contributed by atoms with van der Waals surface area (Å²) in [4.78, 5) is 35.4. The van der Waals surface area contributed by atoms with Crippen LogP contribution in [0, 0.1) is 6.92 Å². The molecule has 2 aromatic rings. The van der Waals surface area contributed by atoms with Crippen LogP contribution in [0.25, 0.3) is 0 Å². The lowest BCUT2D eigenvalue weighted by molar-refractivity contribution is -0.143. The van der Waals surface area contributed by atoms with E-state index in [9.17, 15) is 9.59 Å². The molecule has 2 rings (SSSR count). The molecule has 0 aromatic carbocycles. The molecule has 1 atom stereocenters. The average Bonchev–Trinajstić information content (AvgIpc) is 2.95. The Kier molecular flexibility index (Phi) is 5.66. The first kappa shape index (κ1) is 18.1. The maximum absolute atomic E-state index is 12.4. The minimum absolute atomic E-state index is 0.220. The third kappa shape index (κ3) is 3.97. The summed E-state index contributed by atoms with van der Waals surface area (Å²) < 4.78 is 0. The van der Waals surface area contributed by atoms with Crippen LogP contribution in [0.15, 0.2) is 24.5 Å². The number of likely N-dealkylation sites (N-methyl/N-ethyl adjacent to an activating group) is 1. The van der Waals surface area contributed by atoms with Crippen LogP contribution in [-0.2, 0) is 9.59 Å². The van der Waals surface area contributed by atoms with Crippen molar-refractivity contribution >= 4 is 28.8 Å². The molecular formula is C17H22N4O2S. The second-order valence-corrected chi connectivity index (χ2v) is 7.01. The van der Waals surface area contributed by atoms with E-state index in [0.29, 0.717) is 11.6 Å². The van der Waals surface area contributed by atoms with E-state index in [1.807, 2.05) is 13.8 Å². The number of amides is 2. The molecule has 0 fully saturated rings. The second-order valence-electron chi connectivity index (χ2n) is 5.94. The molecule has 24 heavy (non-hydrogen) atoms. The van der Waals surface area contributed by atoms with Gasteiger partial charge in [0.05, 0.1) is 28.6 Å². The molecule has 1 N–H and O–H groups in total. The molecule has 0 radical (unpaired) electrons. The summed E-state index contributed by atoms with van der Waals surface area (Å²) in [5, 5.41) is 3.60. The minimum Gasteiger partial charge on any atom is -0.330 e. The molecule has 6 nitrogen and oxygen atoms in total. The number of aromatic nitrogens is 2. The van der Waals surface area contributed by atoms with Crippen molar-refractivity contribution in [3.05, 3.63) is 40.1 Å². The Hall–Kier alpha value is -2.28. The highest BCUT2D eigenvalue weighted by atomic mass is 32.1. The molecule has 7 heteroatoms. The van der Waals surface area contributed by atoms with Crippen molar-refractivity contribution in [1.29, 1.82) is 0 Å². The van der Waals surface area contributed by atoms with Gasteiger partial charge in [-0.2, -0.15) is 0 Å². The minimum atomic E-state index is -0.677. The lowest BCUT2D eigenvalue weighted by Crippen LogP contribution is -2.38. The van der Waals surface area contributed by atoms with Gasteiger partial charge in [-0.3, -0.25) is 14.6 Å². The average molecular weight is 346 g/mol. The highest BCUT2D eigenvalue weighted by Gasteiger charge is 2.26. The van der Waals surface area contributed by atoms with Crippen LogP contribution in [0.3, 0.4) is 0 Å². The van der Waals surface area contributed by atoms with Gasteiger partial charge < -0.3 is 10.2 Å². The van der Waals surface area contributed by atoms with E-state index in [0.717, 1.165) is 15.6 Å². The van der Waals surface area contributed by atoms with Crippen molar-refractivity contribution in [2.75, 3.05) is 12.4 Å². The summed E-state index contributed by atoms with van der Waals surface area (Å²) in [6, 6.07) is 3.16. The summed E-state index contributed by atoms with van der Waals surface area (Å²) in [5.74, 6) is -0.932. The molecular weight excluding hydrogens is 324 g/mol. The molecule has 0 spiro atoms. The van der Waals surface area contributed by atoms with E-state index in [-0.39, 0.29) is 6.04 Å². The van der Waals surface area contributed by atoms with Crippen LogP contribution in [0.4, 0.5) is 5.69 Å². The van der Waals surface area contributed by atoms with Crippen LogP contribution in [0.5, 0.6) is 0 Å². The summed E-state index contributed by atoms with van der Waals surface area (Å²) in [6.07, 6.45) is 3.10. The van der Waals surface area contributed by atoms with Crippen LogP contribution < -0.4 is 5.32 Å². The van der Waals surface area contributed by atoms with E-state index < -0.39 is 11.8 Å². The third-order valence-electron chi connectivity index (χ3n) is 3.74. The Balaban J connectivity index is 2.10. The van der Waals surface area contributed by atoms with Gasteiger partial charge in [0.15, 0.2) is 0 Å². The summed E-state index contributed by atoms with van der Waals surface area (Å²) in [5.41, 5.74) is 1.40. The van der Waals surface area contributed by atoms with Crippen LogP contribution in [0.1, 0.15) is 48.3 Å². The number of pyridine rings is 1. The normalized spacial score (nSPS) is 12.1. The monoisotopic (exact) mass is 346 g/mol. The molecule has 0 saturated carbocycles. The number of anilines is 1. The highest BCUT2D eigenvalue weighted by Crippen LogP contribution is 2.31. The van der Waals surface area contributed by atoms with Crippen molar-refractivity contribution in [2.45, 2.75) is 39.7 Å². The summed E-state index contributed by atoms with van der Waals surface area (Å²) in [7, 11) is 1.63. The van der Waals surface area contributed by atoms with E-state index >= 15 is 0 Å². The molecule has 0 aliphatic heterocycles. The van der Waals surface area contributed by atoms with Crippen molar-refractivity contribution in [1.82, 2.24) is 14.9 Å². The third-order valence-corrected chi connectivity index (χ3v) is 5.37. The zero-order valence-corrected chi connectivity index (χ0v) is 15.3. The zero-order valence-electron chi connectivity index (χ0n) is 14.5. The van der Waals surface area contributed by atoms with E-state index in [2.05, 4.69) is 29.1 Å². The number of thiazole rings is 1. The summed E-state index contributed by atoms with van der Waals surface area (Å²) in [6.45, 7) is 8.01. The fourth-order valence-electron chi connectivity index (χ4n) is 2.20. The van der Waals surface area contributed by atoms with Gasteiger partial charge in [-0.1, -0.05) is 13.8 Å². The topological polar surface area (TPSA) is 75.2 Å². The standard InChI is InChI=1S/C17H22N4O2S/c1-10(2)16-19-11(3)14(24-16)12(4)21(5)17(23)15(22)20-13-7-6-8-18-9-13/h6-10,12H,1-5H3,(H,20,22)/t12-/m1/s1. The van der Waals surface area contributed by atoms with Gasteiger partial charge >= 0.3 is 11.8 Å². The lowest BCUT2D eigenvalue weighted by Gasteiger charge is -2.23. The quantitative estimate of drug-likeness (QED) is 0.863. The van der Waals surface area contributed by atoms with E-state index in [4.69, 9.17) is 0 Å². The number of carbonyl (C=O) groups excluding carboxylic acids is 2. The lowest BCUT2D eigenvalue weighted by atomic mass is 10.2. The number of rotatable bonds is 4. The molecule has 0 aliphatic carbocycles. The Morgan fingerprint density at radius 3 is 2.54 bits per heavy atom. The Bertz CT molecular complexity index is 727. The second kappa shape index (κ2) is 7.53. The molecule has 0 unspecified atom stereocenters. The van der Waals surface area contributed by atoms with Crippen LogP contribution in [0.2, 0.25) is 0 Å². The van der Waals surface area contributed by atoms with Gasteiger partial charge in [-0.25, -0.2) is 4.98 Å². The Labute approximate surface area is 145 Å². The number of hydrogen-bond acceptors (Lipinski definition) is 5. The van der Waals surface area contributed by atoms with Crippen LogP contribution in [-0.4, -0.2) is 33.7 Å². The largest absolute Gasteiger partial charge is 0.330 e. The number of aryl methyl sites for hydroxylation is 1. The first-order valence-electron chi connectivity index (χ1n) is 7.76. The van der Waals surface area contributed by atoms with Gasteiger partial charge in [0, 0.05) is 24.0 Å². The SMILES string of the molecule is Cc1nc(C(C)C)sc1[C@@H](C)N(C)C(=O)C(=O)Nc1cccnc1. The highest BCUT2D eigenvalue weighted by molar-refractivity contribution is 7.11.